The Kier molecular flexibility index (Phi) is 2.78. The van der Waals surface area contributed by atoms with Gasteiger partial charge in [-0.05, 0) is 37.0 Å². The molecule has 0 radical (unpaired) electrons. The SMILES string of the molecule is CC12CCC(C1)C(=C[Si](C)(C)c1ccccc1)C2. The van der Waals surface area contributed by atoms with Crippen LogP contribution in [0.15, 0.2) is 41.6 Å². The zero-order valence-corrected chi connectivity index (χ0v) is 12.9. The van der Waals surface area contributed by atoms with Crippen LogP contribution in [-0.4, -0.2) is 8.07 Å². The van der Waals surface area contributed by atoms with Gasteiger partial charge < -0.3 is 0 Å². The lowest BCUT2D eigenvalue weighted by Crippen LogP contribution is -2.40. The first-order chi connectivity index (χ1) is 8.49. The van der Waals surface area contributed by atoms with E-state index in [4.69, 9.17) is 0 Å². The van der Waals surface area contributed by atoms with Crippen LogP contribution in [0.3, 0.4) is 0 Å². The van der Waals surface area contributed by atoms with E-state index in [2.05, 4.69) is 56.0 Å². The van der Waals surface area contributed by atoms with Crippen molar-refractivity contribution in [3.8, 4) is 0 Å². The summed E-state index contributed by atoms with van der Waals surface area (Å²) in [6.45, 7) is 7.47. The molecule has 0 spiro atoms. The van der Waals surface area contributed by atoms with Crippen molar-refractivity contribution in [2.24, 2.45) is 11.3 Å². The van der Waals surface area contributed by atoms with Crippen molar-refractivity contribution in [1.29, 1.82) is 0 Å². The van der Waals surface area contributed by atoms with Gasteiger partial charge in [-0.3, -0.25) is 0 Å². The smallest absolute Gasteiger partial charge is 0.0908 e. The largest absolute Gasteiger partial charge is 0.104 e. The normalized spacial score (nSPS) is 33.3. The zero-order valence-electron chi connectivity index (χ0n) is 11.9. The molecule has 0 saturated heterocycles. The lowest BCUT2D eigenvalue weighted by Gasteiger charge is -2.25. The van der Waals surface area contributed by atoms with E-state index in [0.29, 0.717) is 5.41 Å². The van der Waals surface area contributed by atoms with Gasteiger partial charge in [-0.1, -0.05) is 66.8 Å². The zero-order chi connectivity index (χ0) is 12.8. The summed E-state index contributed by atoms with van der Waals surface area (Å²) in [5.41, 5.74) is 5.15. The fourth-order valence-corrected chi connectivity index (χ4v) is 6.50. The number of benzene rings is 1. The Hall–Kier alpha value is -0.823. The van der Waals surface area contributed by atoms with E-state index in [9.17, 15) is 0 Å². The number of hydrogen-bond donors (Lipinski definition) is 0. The predicted molar refractivity (Wildman–Crippen MR) is 81.7 cm³/mol. The van der Waals surface area contributed by atoms with Crippen LogP contribution < -0.4 is 5.19 Å². The molecule has 2 bridgehead atoms. The van der Waals surface area contributed by atoms with E-state index >= 15 is 0 Å². The Bertz CT molecular complexity index is 472. The summed E-state index contributed by atoms with van der Waals surface area (Å²) in [5, 5.41) is 1.57. The van der Waals surface area contributed by atoms with Crippen molar-refractivity contribution >= 4 is 13.3 Å². The first-order valence-electron chi connectivity index (χ1n) is 7.26. The highest BCUT2D eigenvalue weighted by molar-refractivity contribution is 6.94. The van der Waals surface area contributed by atoms with Crippen LogP contribution in [0.1, 0.15) is 32.6 Å². The van der Waals surface area contributed by atoms with Crippen molar-refractivity contribution in [3.05, 3.63) is 41.6 Å². The summed E-state index contributed by atoms with van der Waals surface area (Å²) < 4.78 is 0. The van der Waals surface area contributed by atoms with Crippen LogP contribution in [0.2, 0.25) is 13.1 Å². The number of fused-ring (bicyclic) bond motifs is 2. The van der Waals surface area contributed by atoms with E-state index in [1.165, 1.54) is 25.7 Å². The van der Waals surface area contributed by atoms with Gasteiger partial charge in [-0.15, -0.1) is 0 Å². The second-order valence-electron chi connectivity index (χ2n) is 7.23. The molecule has 1 heteroatoms. The van der Waals surface area contributed by atoms with Crippen molar-refractivity contribution in [1.82, 2.24) is 0 Å². The Morgan fingerprint density at radius 2 is 1.94 bits per heavy atom. The molecular weight excluding hydrogens is 232 g/mol. The van der Waals surface area contributed by atoms with Gasteiger partial charge in [-0.2, -0.15) is 0 Å². The summed E-state index contributed by atoms with van der Waals surface area (Å²) in [4.78, 5) is 0. The Balaban J connectivity index is 1.88. The van der Waals surface area contributed by atoms with Crippen LogP contribution in [0, 0.1) is 11.3 Å². The monoisotopic (exact) mass is 256 g/mol. The third-order valence-corrected chi connectivity index (χ3v) is 7.97. The van der Waals surface area contributed by atoms with E-state index in [-0.39, 0.29) is 0 Å². The maximum Gasteiger partial charge on any atom is 0.104 e. The summed E-state index contributed by atoms with van der Waals surface area (Å²) in [7, 11) is -1.38. The summed E-state index contributed by atoms with van der Waals surface area (Å²) in [6, 6.07) is 11.1. The molecule has 0 aliphatic heterocycles. The molecule has 2 atom stereocenters. The summed E-state index contributed by atoms with van der Waals surface area (Å²) in [6.07, 6.45) is 5.74. The van der Waals surface area contributed by atoms with Gasteiger partial charge in [0.2, 0.25) is 0 Å². The maximum absolute atomic E-state index is 2.71. The minimum Gasteiger partial charge on any atom is -0.0908 e. The van der Waals surface area contributed by atoms with Crippen molar-refractivity contribution in [2.45, 2.75) is 45.7 Å². The van der Waals surface area contributed by atoms with Gasteiger partial charge in [-0.25, -0.2) is 0 Å². The molecule has 0 N–H and O–H groups in total. The minimum atomic E-state index is -1.38. The number of allylic oxidation sites excluding steroid dienone is 1. The number of hydrogen-bond acceptors (Lipinski definition) is 0. The molecule has 96 valence electrons. The van der Waals surface area contributed by atoms with Gasteiger partial charge in [0, 0.05) is 0 Å². The van der Waals surface area contributed by atoms with Crippen LogP contribution in [-0.2, 0) is 0 Å². The third kappa shape index (κ3) is 2.09. The second-order valence-corrected chi connectivity index (χ2v) is 11.5. The molecule has 2 saturated carbocycles. The first-order valence-corrected chi connectivity index (χ1v) is 10.3. The summed E-state index contributed by atoms with van der Waals surface area (Å²) in [5.74, 6) is 0.922. The van der Waals surface area contributed by atoms with Gasteiger partial charge in [0.1, 0.15) is 8.07 Å². The van der Waals surface area contributed by atoms with Gasteiger partial charge in [0.05, 0.1) is 0 Å². The van der Waals surface area contributed by atoms with E-state index in [0.717, 1.165) is 5.92 Å². The average Bonchev–Trinajstić information content (AvgIpc) is 2.85. The first kappa shape index (κ1) is 12.2. The van der Waals surface area contributed by atoms with Crippen LogP contribution >= 0.6 is 0 Å². The molecule has 0 nitrogen and oxygen atoms in total. The number of rotatable bonds is 2. The fraction of sp³-hybridized carbons (Fsp3) is 0.529. The minimum absolute atomic E-state index is 0.650. The van der Waals surface area contributed by atoms with E-state index in [1.54, 1.807) is 10.8 Å². The van der Waals surface area contributed by atoms with E-state index < -0.39 is 8.07 Å². The maximum atomic E-state index is 2.71. The van der Waals surface area contributed by atoms with Crippen molar-refractivity contribution in [2.75, 3.05) is 0 Å². The average molecular weight is 256 g/mol. The second kappa shape index (κ2) is 4.09. The van der Waals surface area contributed by atoms with Crippen LogP contribution in [0.5, 0.6) is 0 Å². The summed E-state index contributed by atoms with van der Waals surface area (Å²) >= 11 is 0. The van der Waals surface area contributed by atoms with Crippen molar-refractivity contribution in [3.63, 3.8) is 0 Å². The molecule has 2 fully saturated rings. The van der Waals surface area contributed by atoms with Crippen LogP contribution in [0.25, 0.3) is 0 Å². The predicted octanol–water partition coefficient (Wildman–Crippen LogP) is 4.28. The molecule has 0 aromatic heterocycles. The molecule has 1 aromatic rings. The molecule has 0 heterocycles. The third-order valence-electron chi connectivity index (χ3n) is 5.05. The molecule has 0 amide bonds. The lowest BCUT2D eigenvalue weighted by atomic mass is 9.85. The van der Waals surface area contributed by atoms with Gasteiger partial charge in [0.15, 0.2) is 0 Å². The molecule has 2 unspecified atom stereocenters. The quantitative estimate of drug-likeness (QED) is 0.693. The molecule has 2 aliphatic rings. The van der Waals surface area contributed by atoms with Crippen LogP contribution in [0.4, 0.5) is 0 Å². The highest BCUT2D eigenvalue weighted by Crippen LogP contribution is 2.56. The topological polar surface area (TPSA) is 0 Å². The Morgan fingerprint density at radius 3 is 2.50 bits per heavy atom. The fourth-order valence-electron chi connectivity index (χ4n) is 4.02. The molecule has 1 aromatic carbocycles. The molecule has 18 heavy (non-hydrogen) atoms. The highest BCUT2D eigenvalue weighted by Gasteiger charge is 2.44. The Labute approximate surface area is 112 Å². The Morgan fingerprint density at radius 1 is 1.22 bits per heavy atom. The molecule has 2 aliphatic carbocycles. The van der Waals surface area contributed by atoms with E-state index in [1.807, 2.05) is 0 Å². The lowest BCUT2D eigenvalue weighted by molar-refractivity contribution is 0.357. The van der Waals surface area contributed by atoms with Gasteiger partial charge >= 0.3 is 0 Å². The van der Waals surface area contributed by atoms with Crippen molar-refractivity contribution < 1.29 is 0 Å². The molecule has 3 rings (SSSR count). The highest BCUT2D eigenvalue weighted by atomic mass is 28.3. The van der Waals surface area contributed by atoms with Gasteiger partial charge in [0.25, 0.3) is 0 Å². The molecular formula is C17H24Si. The standard InChI is InChI=1S/C17H24Si/c1-17-10-9-14(11-17)15(12-17)13-18(2,3)16-7-5-4-6-8-16/h4-8,13-14H,9-12H2,1-3H3.